The van der Waals surface area contributed by atoms with E-state index in [2.05, 4.69) is 44.5 Å². The highest BCUT2D eigenvalue weighted by molar-refractivity contribution is 7.91. The Hall–Kier alpha value is -1.36. The first-order valence-corrected chi connectivity index (χ1v) is 8.81. The summed E-state index contributed by atoms with van der Waals surface area (Å²) in [4.78, 5) is 1.03. The molecule has 0 unspecified atom stereocenters. The van der Waals surface area contributed by atoms with E-state index < -0.39 is 10.0 Å². The summed E-state index contributed by atoms with van der Waals surface area (Å²) in [6.07, 6.45) is 0.809. The van der Waals surface area contributed by atoms with Crippen LogP contribution in [0.1, 0.15) is 24.5 Å². The van der Waals surface area contributed by atoms with Crippen LogP contribution in [0.2, 0.25) is 0 Å². The van der Waals surface area contributed by atoms with Crippen LogP contribution in [0.3, 0.4) is 0 Å². The Labute approximate surface area is 127 Å². The Morgan fingerprint density at radius 3 is 2.86 bits per heavy atom. The van der Waals surface area contributed by atoms with Gasteiger partial charge in [0.2, 0.25) is 10.0 Å². The minimum atomic E-state index is -3.53. The highest BCUT2D eigenvalue weighted by Gasteiger charge is 2.17. The minimum absolute atomic E-state index is 0.0149. The maximum atomic E-state index is 12.1. The molecule has 116 valence electrons. The molecule has 0 aliphatic carbocycles. The van der Waals surface area contributed by atoms with Crippen LogP contribution in [-0.2, 0) is 23.0 Å². The van der Waals surface area contributed by atoms with Crippen LogP contribution >= 0.6 is 11.3 Å². The lowest BCUT2D eigenvalue weighted by Gasteiger charge is -2.06. The van der Waals surface area contributed by atoms with E-state index in [0.717, 1.165) is 17.8 Å². The number of aromatic amines is 1. The fraction of sp³-hybridized carbons (Fsp3) is 0.545. The number of hydrogen-bond acceptors (Lipinski definition) is 7. The van der Waals surface area contributed by atoms with Gasteiger partial charge in [-0.3, -0.25) is 0 Å². The third-order valence-corrected chi connectivity index (χ3v) is 5.67. The van der Waals surface area contributed by atoms with Gasteiger partial charge in [0.25, 0.3) is 0 Å². The topological polar surface area (TPSA) is 113 Å². The van der Waals surface area contributed by atoms with Crippen LogP contribution in [0.15, 0.2) is 16.3 Å². The summed E-state index contributed by atoms with van der Waals surface area (Å²) in [5.41, 5.74) is 0. The van der Waals surface area contributed by atoms with Gasteiger partial charge >= 0.3 is 0 Å². The predicted molar refractivity (Wildman–Crippen MR) is 79.4 cm³/mol. The van der Waals surface area contributed by atoms with E-state index in [4.69, 9.17) is 0 Å². The zero-order valence-electron chi connectivity index (χ0n) is 11.8. The van der Waals surface area contributed by atoms with Crippen LogP contribution < -0.4 is 10.0 Å². The summed E-state index contributed by atoms with van der Waals surface area (Å²) in [7, 11) is -3.53. The average molecular weight is 330 g/mol. The molecule has 0 spiro atoms. The lowest BCUT2D eigenvalue weighted by atomic mass is 10.3. The smallest absolute Gasteiger partial charge is 0.250 e. The van der Waals surface area contributed by atoms with Crippen molar-refractivity contribution in [3.05, 3.63) is 22.8 Å². The Morgan fingerprint density at radius 2 is 2.19 bits per heavy atom. The Morgan fingerprint density at radius 1 is 1.38 bits per heavy atom. The number of hydrogen-bond donors (Lipinski definition) is 3. The van der Waals surface area contributed by atoms with E-state index in [1.165, 1.54) is 11.3 Å². The third kappa shape index (κ3) is 4.84. The standard InChI is InChI=1S/C11H18N6O2S2/c1-8(2)12-6-5-9-3-4-11(20-9)21(18,19)13-7-10-14-16-17-15-10/h3-4,8,12-13H,5-7H2,1-2H3,(H,14,15,16,17). The van der Waals surface area contributed by atoms with E-state index in [1.54, 1.807) is 6.07 Å². The summed E-state index contributed by atoms with van der Waals surface area (Å²) in [5, 5.41) is 16.3. The van der Waals surface area contributed by atoms with Gasteiger partial charge in [0.15, 0.2) is 5.82 Å². The molecular formula is C11H18N6O2S2. The number of nitrogens with zero attached hydrogens (tertiary/aromatic N) is 3. The van der Waals surface area contributed by atoms with Crippen molar-refractivity contribution >= 4 is 21.4 Å². The summed E-state index contributed by atoms with van der Waals surface area (Å²) >= 11 is 1.27. The van der Waals surface area contributed by atoms with Gasteiger partial charge in [0, 0.05) is 17.5 Å². The maximum absolute atomic E-state index is 12.1. The van der Waals surface area contributed by atoms with Crippen molar-refractivity contribution in [2.24, 2.45) is 0 Å². The molecule has 0 bridgehead atoms. The average Bonchev–Trinajstić information content (AvgIpc) is 3.07. The van der Waals surface area contributed by atoms with Crippen LogP contribution in [0, 0.1) is 0 Å². The van der Waals surface area contributed by atoms with Crippen molar-refractivity contribution in [2.75, 3.05) is 6.54 Å². The van der Waals surface area contributed by atoms with Gasteiger partial charge in [-0.05, 0) is 18.6 Å². The number of rotatable bonds is 8. The first kappa shape index (κ1) is 16.0. The first-order chi connectivity index (χ1) is 9.97. The Bertz CT molecular complexity index is 650. The second-order valence-electron chi connectivity index (χ2n) is 4.73. The maximum Gasteiger partial charge on any atom is 0.250 e. The SMILES string of the molecule is CC(C)NCCc1ccc(S(=O)(=O)NCc2nn[nH]n2)s1. The van der Waals surface area contributed by atoms with Crippen LogP contribution in [0.5, 0.6) is 0 Å². The van der Waals surface area contributed by atoms with Gasteiger partial charge in [-0.1, -0.05) is 19.1 Å². The summed E-state index contributed by atoms with van der Waals surface area (Å²) in [6.45, 7) is 4.99. The van der Waals surface area contributed by atoms with Crippen molar-refractivity contribution < 1.29 is 8.42 Å². The van der Waals surface area contributed by atoms with Gasteiger partial charge in [0.1, 0.15) is 4.21 Å². The Balaban J connectivity index is 1.92. The van der Waals surface area contributed by atoms with Crippen molar-refractivity contribution in [3.8, 4) is 0 Å². The number of sulfonamides is 1. The molecule has 0 atom stereocenters. The number of thiophene rings is 1. The van der Waals surface area contributed by atoms with E-state index >= 15 is 0 Å². The molecule has 2 heterocycles. The molecule has 2 aromatic heterocycles. The molecule has 0 saturated heterocycles. The van der Waals surface area contributed by atoms with Gasteiger partial charge in [-0.25, -0.2) is 13.1 Å². The molecule has 0 fully saturated rings. The molecule has 0 aromatic carbocycles. The molecule has 3 N–H and O–H groups in total. The van der Waals surface area contributed by atoms with Crippen LogP contribution in [0.4, 0.5) is 0 Å². The molecule has 21 heavy (non-hydrogen) atoms. The molecule has 0 aliphatic heterocycles. The molecule has 10 heteroatoms. The zero-order chi connectivity index (χ0) is 15.3. The van der Waals surface area contributed by atoms with E-state index in [9.17, 15) is 8.42 Å². The largest absolute Gasteiger partial charge is 0.314 e. The fourth-order valence-electron chi connectivity index (χ4n) is 1.61. The monoisotopic (exact) mass is 330 g/mol. The molecule has 8 nitrogen and oxygen atoms in total. The highest BCUT2D eigenvalue weighted by atomic mass is 32.2. The molecular weight excluding hydrogens is 312 g/mol. The quantitative estimate of drug-likeness (QED) is 0.641. The zero-order valence-corrected chi connectivity index (χ0v) is 13.5. The predicted octanol–water partition coefficient (Wildman–Crippen LogP) is 0.280. The first-order valence-electron chi connectivity index (χ1n) is 6.51. The van der Waals surface area contributed by atoms with E-state index in [1.807, 2.05) is 6.07 Å². The second kappa shape index (κ2) is 7.07. The molecule has 0 radical (unpaired) electrons. The minimum Gasteiger partial charge on any atom is -0.314 e. The van der Waals surface area contributed by atoms with Crippen LogP contribution in [-0.4, -0.2) is 41.6 Å². The molecule has 0 aliphatic rings. The van der Waals surface area contributed by atoms with Crippen molar-refractivity contribution in [2.45, 2.75) is 37.1 Å². The van der Waals surface area contributed by atoms with Gasteiger partial charge in [-0.2, -0.15) is 5.21 Å². The van der Waals surface area contributed by atoms with E-state index in [-0.39, 0.29) is 6.54 Å². The summed E-state index contributed by atoms with van der Waals surface area (Å²) < 4.78 is 27.0. The lowest BCUT2D eigenvalue weighted by molar-refractivity contribution is 0.581. The normalized spacial score (nSPS) is 12.1. The molecule has 2 rings (SSSR count). The van der Waals surface area contributed by atoms with E-state index in [0.29, 0.717) is 16.1 Å². The fourth-order valence-corrected chi connectivity index (χ4v) is 3.99. The number of nitrogens with one attached hydrogen (secondary N) is 3. The van der Waals surface area contributed by atoms with Crippen molar-refractivity contribution in [1.29, 1.82) is 0 Å². The lowest BCUT2D eigenvalue weighted by Crippen LogP contribution is -2.24. The second-order valence-corrected chi connectivity index (χ2v) is 7.89. The molecule has 0 saturated carbocycles. The van der Waals surface area contributed by atoms with Gasteiger partial charge < -0.3 is 5.32 Å². The summed E-state index contributed by atoms with van der Waals surface area (Å²) in [5.74, 6) is 0.302. The van der Waals surface area contributed by atoms with Crippen LogP contribution in [0.25, 0.3) is 0 Å². The van der Waals surface area contributed by atoms with Gasteiger partial charge in [0.05, 0.1) is 6.54 Å². The van der Waals surface area contributed by atoms with Crippen molar-refractivity contribution in [1.82, 2.24) is 30.7 Å². The number of aromatic nitrogens is 4. The molecule has 2 aromatic rings. The summed E-state index contributed by atoms with van der Waals surface area (Å²) in [6, 6.07) is 3.88. The van der Waals surface area contributed by atoms with Gasteiger partial charge in [-0.15, -0.1) is 21.5 Å². The number of tetrazole rings is 1. The molecule has 0 amide bonds. The third-order valence-electron chi connectivity index (χ3n) is 2.64. The van der Waals surface area contributed by atoms with Crippen molar-refractivity contribution in [3.63, 3.8) is 0 Å². The Kier molecular flexibility index (Phi) is 5.39. The number of H-pyrrole nitrogens is 1. The highest BCUT2D eigenvalue weighted by Crippen LogP contribution is 2.21.